The summed E-state index contributed by atoms with van der Waals surface area (Å²) in [6.07, 6.45) is 0. The number of rotatable bonds is 4. The standard InChI is InChI=1S/C11H11N3O4/c15-7-9-10(14(17)18-13-9)11(16)12-6-8-4-2-1-3-5-8/h1-5,15H,6-7H2,(H-,12,13,16,17)/p+1. The molecule has 0 aliphatic carbocycles. The van der Waals surface area contributed by atoms with Crippen molar-refractivity contribution in [2.24, 2.45) is 0 Å². The second-order valence-corrected chi connectivity index (χ2v) is 3.60. The summed E-state index contributed by atoms with van der Waals surface area (Å²) < 4.78 is 4.41. The summed E-state index contributed by atoms with van der Waals surface area (Å²) in [5, 5.41) is 13.7. The van der Waals surface area contributed by atoms with Gasteiger partial charge in [-0.1, -0.05) is 40.1 Å². The van der Waals surface area contributed by atoms with Crippen LogP contribution >= 0.6 is 0 Å². The third-order valence-electron chi connectivity index (χ3n) is 2.39. The SMILES string of the molecule is O=C(NCc1ccccc1)c1c(CO)[nH]o[n+]1=O. The van der Waals surface area contributed by atoms with Crippen LogP contribution in [0.15, 0.2) is 35.0 Å². The van der Waals surface area contributed by atoms with Gasteiger partial charge in [0.1, 0.15) is 6.61 Å². The molecule has 0 unspecified atom stereocenters. The van der Waals surface area contributed by atoms with Gasteiger partial charge in [-0.3, -0.25) is 4.79 Å². The topological polar surface area (TPSA) is 101 Å². The predicted octanol–water partition coefficient (Wildman–Crippen LogP) is -0.0555. The maximum Gasteiger partial charge on any atom is 0.334 e. The molecule has 0 bridgehead atoms. The number of aromatic amines is 1. The van der Waals surface area contributed by atoms with E-state index < -0.39 is 12.5 Å². The minimum absolute atomic E-state index is 0.0336. The quantitative estimate of drug-likeness (QED) is 0.707. The van der Waals surface area contributed by atoms with Crippen LogP contribution in [0, 0.1) is 4.91 Å². The predicted molar refractivity (Wildman–Crippen MR) is 60.0 cm³/mol. The van der Waals surface area contributed by atoms with Gasteiger partial charge in [0.05, 0.1) is 0 Å². The first-order valence-electron chi connectivity index (χ1n) is 5.28. The average molecular weight is 250 g/mol. The van der Waals surface area contributed by atoms with Crippen LogP contribution in [0.3, 0.4) is 0 Å². The van der Waals surface area contributed by atoms with Crippen molar-refractivity contribution in [2.45, 2.75) is 13.2 Å². The molecular formula is C11H12N3O4+. The highest BCUT2D eigenvalue weighted by Crippen LogP contribution is 2.01. The van der Waals surface area contributed by atoms with Crippen molar-refractivity contribution < 1.29 is 19.1 Å². The van der Waals surface area contributed by atoms with E-state index in [0.717, 1.165) is 5.56 Å². The molecular weight excluding hydrogens is 238 g/mol. The number of nitrogens with one attached hydrogen (secondary N) is 2. The van der Waals surface area contributed by atoms with Crippen LogP contribution in [-0.4, -0.2) is 16.2 Å². The van der Waals surface area contributed by atoms with Crippen molar-refractivity contribution in [1.29, 1.82) is 0 Å². The smallest absolute Gasteiger partial charge is 0.334 e. The van der Waals surface area contributed by atoms with E-state index in [0.29, 0.717) is 0 Å². The monoisotopic (exact) mass is 250 g/mol. The van der Waals surface area contributed by atoms with E-state index >= 15 is 0 Å². The molecule has 1 aromatic heterocycles. The number of nitrogens with zero attached hydrogens (tertiary/aromatic N) is 1. The number of hydrogen-bond donors (Lipinski definition) is 3. The van der Waals surface area contributed by atoms with Gasteiger partial charge < -0.3 is 10.4 Å². The van der Waals surface area contributed by atoms with Gasteiger partial charge in [-0.15, -0.1) is 0 Å². The molecule has 2 aromatic rings. The third kappa shape index (κ3) is 2.46. The van der Waals surface area contributed by atoms with Crippen LogP contribution in [0.1, 0.15) is 21.7 Å². The van der Waals surface area contributed by atoms with Crippen molar-refractivity contribution in [1.82, 2.24) is 10.5 Å². The van der Waals surface area contributed by atoms with E-state index in [2.05, 4.69) is 15.1 Å². The Morgan fingerprint density at radius 3 is 2.78 bits per heavy atom. The fraction of sp³-hybridized carbons (Fsp3) is 0.182. The van der Waals surface area contributed by atoms with Crippen molar-refractivity contribution in [3.8, 4) is 0 Å². The molecule has 0 aliphatic heterocycles. The van der Waals surface area contributed by atoms with Crippen LogP contribution in [0.5, 0.6) is 0 Å². The fourth-order valence-corrected chi connectivity index (χ4v) is 1.49. The molecule has 0 aliphatic rings. The number of carbonyl (C=O) groups excluding carboxylic acids is 1. The Hall–Kier alpha value is -2.41. The van der Waals surface area contributed by atoms with Crippen molar-refractivity contribution in [3.63, 3.8) is 0 Å². The van der Waals surface area contributed by atoms with Gasteiger partial charge in [0.15, 0.2) is 4.60 Å². The van der Waals surface area contributed by atoms with E-state index in [1.165, 1.54) is 0 Å². The lowest BCUT2D eigenvalue weighted by molar-refractivity contribution is -0.714. The maximum atomic E-state index is 11.8. The van der Waals surface area contributed by atoms with Crippen LogP contribution in [0.25, 0.3) is 0 Å². The Balaban J connectivity index is 2.08. The van der Waals surface area contributed by atoms with Gasteiger partial charge in [0, 0.05) is 6.54 Å². The number of carbonyl (C=O) groups is 1. The number of amides is 1. The highest BCUT2D eigenvalue weighted by Gasteiger charge is 2.26. The number of aliphatic hydroxyl groups is 1. The second kappa shape index (κ2) is 5.28. The molecule has 1 heterocycles. The number of benzene rings is 1. The van der Waals surface area contributed by atoms with Crippen LogP contribution in [-0.2, 0) is 13.2 Å². The Labute approximate surface area is 102 Å². The van der Waals surface area contributed by atoms with Crippen LogP contribution in [0.4, 0.5) is 0 Å². The number of aliphatic hydroxyl groups excluding tert-OH is 1. The molecule has 2 rings (SSSR count). The van der Waals surface area contributed by atoms with E-state index in [4.69, 9.17) is 5.11 Å². The first-order chi connectivity index (χ1) is 8.72. The van der Waals surface area contributed by atoms with Crippen LogP contribution < -0.4 is 9.92 Å². The minimum atomic E-state index is -0.608. The fourth-order valence-electron chi connectivity index (χ4n) is 1.49. The largest absolute Gasteiger partial charge is 0.388 e. The lowest BCUT2D eigenvalue weighted by Crippen LogP contribution is -2.32. The van der Waals surface area contributed by atoms with Crippen molar-refractivity contribution in [2.75, 3.05) is 0 Å². The first-order valence-corrected chi connectivity index (χ1v) is 5.28. The Bertz CT molecular complexity index is 588. The highest BCUT2D eigenvalue weighted by molar-refractivity contribution is 5.91. The second-order valence-electron chi connectivity index (χ2n) is 3.60. The summed E-state index contributed by atoms with van der Waals surface area (Å²) >= 11 is 0. The van der Waals surface area contributed by atoms with Gasteiger partial charge >= 0.3 is 11.6 Å². The molecule has 7 nitrogen and oxygen atoms in total. The molecule has 0 saturated heterocycles. The average Bonchev–Trinajstić information content (AvgIpc) is 2.78. The molecule has 0 radical (unpaired) electrons. The number of hydrogen-bond acceptors (Lipinski definition) is 4. The summed E-state index contributed by atoms with van der Waals surface area (Å²) in [6.45, 7) is -0.192. The van der Waals surface area contributed by atoms with Crippen LogP contribution in [0.2, 0.25) is 0 Å². The zero-order chi connectivity index (χ0) is 13.0. The summed E-state index contributed by atoms with van der Waals surface area (Å²) in [5.74, 6) is -0.608. The van der Waals surface area contributed by atoms with E-state index in [9.17, 15) is 9.70 Å². The van der Waals surface area contributed by atoms with Crippen molar-refractivity contribution in [3.05, 3.63) is 52.2 Å². The molecule has 0 saturated carbocycles. The van der Waals surface area contributed by atoms with Gasteiger partial charge in [0.2, 0.25) is 5.69 Å². The molecule has 94 valence electrons. The summed E-state index contributed by atoms with van der Waals surface area (Å²) in [7, 11) is 0. The van der Waals surface area contributed by atoms with E-state index in [1.807, 2.05) is 30.3 Å². The maximum absolute atomic E-state index is 11.8. The molecule has 0 fully saturated rings. The van der Waals surface area contributed by atoms with Crippen molar-refractivity contribution >= 4 is 5.91 Å². The molecule has 1 amide bonds. The summed E-state index contributed by atoms with van der Waals surface area (Å²) in [5.41, 5.74) is 0.672. The molecule has 7 heteroatoms. The lowest BCUT2D eigenvalue weighted by Gasteiger charge is -2.01. The summed E-state index contributed by atoms with van der Waals surface area (Å²) in [4.78, 5) is 23.0. The van der Waals surface area contributed by atoms with Gasteiger partial charge in [-0.25, -0.2) is 0 Å². The third-order valence-corrected chi connectivity index (χ3v) is 2.39. The number of H-pyrrole nitrogens is 1. The Morgan fingerprint density at radius 1 is 1.39 bits per heavy atom. The zero-order valence-electron chi connectivity index (χ0n) is 9.42. The van der Waals surface area contributed by atoms with E-state index in [1.54, 1.807) is 0 Å². The van der Waals surface area contributed by atoms with Gasteiger partial charge in [-0.2, -0.15) is 0 Å². The lowest BCUT2D eigenvalue weighted by atomic mass is 10.2. The highest BCUT2D eigenvalue weighted by atomic mass is 16.7. The molecule has 18 heavy (non-hydrogen) atoms. The Kier molecular flexibility index (Phi) is 3.54. The normalized spacial score (nSPS) is 10.3. The first kappa shape index (κ1) is 12.1. The molecule has 3 N–H and O–H groups in total. The van der Waals surface area contributed by atoms with Gasteiger partial charge in [-0.05, 0) is 10.5 Å². The minimum Gasteiger partial charge on any atom is -0.388 e. The van der Waals surface area contributed by atoms with Gasteiger partial charge in [0.25, 0.3) is 0 Å². The molecule has 1 aromatic carbocycles. The number of aromatic nitrogens is 2. The summed E-state index contributed by atoms with van der Waals surface area (Å²) in [6, 6.07) is 9.26. The zero-order valence-corrected chi connectivity index (χ0v) is 9.42. The molecule has 0 atom stereocenters. The Morgan fingerprint density at radius 2 is 2.11 bits per heavy atom. The molecule has 0 spiro atoms. The van der Waals surface area contributed by atoms with E-state index in [-0.39, 0.29) is 22.5 Å².